The van der Waals surface area contributed by atoms with E-state index in [1.807, 2.05) is 72.5 Å². The average Bonchev–Trinajstić information content (AvgIpc) is 3.12. The highest BCUT2D eigenvalue weighted by Gasteiger charge is 2.18. The van der Waals surface area contributed by atoms with Gasteiger partial charge >= 0.3 is 0 Å². The second-order valence-electron chi connectivity index (χ2n) is 7.06. The summed E-state index contributed by atoms with van der Waals surface area (Å²) in [6.07, 6.45) is 1.69. The van der Waals surface area contributed by atoms with Crippen LogP contribution in [0.1, 0.15) is 18.3 Å². The zero-order valence-corrected chi connectivity index (χ0v) is 16.7. The van der Waals surface area contributed by atoms with E-state index in [1.165, 1.54) is 5.56 Å². The van der Waals surface area contributed by atoms with Crippen LogP contribution in [0, 0.1) is 0 Å². The highest BCUT2D eigenvalue weighted by molar-refractivity contribution is 5.94. The van der Waals surface area contributed by atoms with Crippen LogP contribution in [0.15, 0.2) is 84.9 Å². The number of para-hydroxylation sites is 3. The quantitative estimate of drug-likeness (QED) is 0.456. The number of hydrogen-bond acceptors (Lipinski definition) is 2. The van der Waals surface area contributed by atoms with Crippen molar-refractivity contribution in [3.05, 3.63) is 96.3 Å². The van der Waals surface area contributed by atoms with E-state index in [1.54, 1.807) is 0 Å². The molecule has 0 atom stereocenters. The lowest BCUT2D eigenvalue weighted by Gasteiger charge is -2.22. The Morgan fingerprint density at radius 3 is 2.24 bits per heavy atom. The number of rotatable bonds is 7. The first-order valence-corrected chi connectivity index (χ1v) is 10.1. The predicted molar refractivity (Wildman–Crippen MR) is 118 cm³/mol. The third-order valence-electron chi connectivity index (χ3n) is 5.19. The van der Waals surface area contributed by atoms with Crippen LogP contribution in [-0.2, 0) is 24.2 Å². The van der Waals surface area contributed by atoms with Crippen LogP contribution < -0.4 is 4.90 Å². The fourth-order valence-electron chi connectivity index (χ4n) is 3.72. The van der Waals surface area contributed by atoms with E-state index in [-0.39, 0.29) is 12.5 Å². The number of benzene rings is 3. The Morgan fingerprint density at radius 2 is 1.52 bits per heavy atom. The van der Waals surface area contributed by atoms with Crippen molar-refractivity contribution in [2.45, 2.75) is 26.3 Å². The second kappa shape index (κ2) is 8.74. The number of likely N-dealkylation sites (N-methyl/N-ethyl adjacent to an activating group) is 1. The van der Waals surface area contributed by atoms with Crippen LogP contribution in [0.2, 0.25) is 0 Å². The van der Waals surface area contributed by atoms with Crippen molar-refractivity contribution in [3.8, 4) is 0 Å². The molecule has 3 aromatic carbocycles. The minimum atomic E-state index is 0.0721. The third-order valence-corrected chi connectivity index (χ3v) is 5.19. The van der Waals surface area contributed by atoms with Gasteiger partial charge in [0.25, 0.3) is 0 Å². The maximum atomic E-state index is 13.2. The molecule has 29 heavy (non-hydrogen) atoms. The second-order valence-corrected chi connectivity index (χ2v) is 7.06. The van der Waals surface area contributed by atoms with Crippen LogP contribution in [0.5, 0.6) is 0 Å². The van der Waals surface area contributed by atoms with Gasteiger partial charge in [-0.2, -0.15) is 0 Å². The van der Waals surface area contributed by atoms with E-state index in [4.69, 9.17) is 4.98 Å². The Hall–Kier alpha value is -3.40. The zero-order chi connectivity index (χ0) is 20.1. The molecule has 4 rings (SSSR count). The molecule has 4 aromatic rings. The fraction of sp³-hybridized carbons (Fsp3) is 0.200. The molecule has 0 bridgehead atoms. The van der Waals surface area contributed by atoms with Gasteiger partial charge in [0.05, 0.1) is 11.0 Å². The number of anilines is 1. The number of carbonyl (C=O) groups excluding carboxylic acids is 1. The predicted octanol–water partition coefficient (Wildman–Crippen LogP) is 4.87. The summed E-state index contributed by atoms with van der Waals surface area (Å²) >= 11 is 0. The highest BCUT2D eigenvalue weighted by Crippen LogP contribution is 2.20. The minimum Gasteiger partial charge on any atom is -0.318 e. The molecule has 0 spiro atoms. The lowest BCUT2D eigenvalue weighted by atomic mass is 10.1. The molecule has 1 heterocycles. The zero-order valence-electron chi connectivity index (χ0n) is 16.7. The van der Waals surface area contributed by atoms with Gasteiger partial charge in [-0.3, -0.25) is 4.79 Å². The molecular formula is C25H25N3O. The van der Waals surface area contributed by atoms with Crippen molar-refractivity contribution >= 4 is 22.6 Å². The molecule has 0 N–H and O–H groups in total. The first-order valence-electron chi connectivity index (χ1n) is 10.1. The van der Waals surface area contributed by atoms with Gasteiger partial charge in [0.1, 0.15) is 12.4 Å². The van der Waals surface area contributed by atoms with Gasteiger partial charge in [0, 0.05) is 18.7 Å². The van der Waals surface area contributed by atoms with E-state index >= 15 is 0 Å². The topological polar surface area (TPSA) is 38.1 Å². The highest BCUT2D eigenvalue weighted by atomic mass is 16.2. The molecule has 0 fully saturated rings. The number of carbonyl (C=O) groups is 1. The molecule has 0 aliphatic heterocycles. The summed E-state index contributed by atoms with van der Waals surface area (Å²) in [5.41, 5.74) is 4.14. The summed E-state index contributed by atoms with van der Waals surface area (Å²) < 4.78 is 2.08. The first kappa shape index (κ1) is 18.9. The number of nitrogens with zero attached hydrogens (tertiary/aromatic N) is 3. The van der Waals surface area contributed by atoms with E-state index in [2.05, 4.69) is 28.8 Å². The Bertz CT molecular complexity index is 1090. The number of amides is 1. The lowest BCUT2D eigenvalue weighted by Crippen LogP contribution is -2.34. The van der Waals surface area contributed by atoms with Gasteiger partial charge in [0.15, 0.2) is 0 Å². The van der Waals surface area contributed by atoms with Gasteiger partial charge in [-0.05, 0) is 43.2 Å². The van der Waals surface area contributed by atoms with Crippen molar-refractivity contribution in [1.82, 2.24) is 9.55 Å². The maximum Gasteiger partial charge on any atom is 0.246 e. The Balaban J connectivity index is 1.62. The van der Waals surface area contributed by atoms with Crippen LogP contribution in [0.4, 0.5) is 5.69 Å². The number of aryl methyl sites for hydroxylation is 2. The SMILES string of the molecule is CCN(C(=O)Cn1c(CCc2ccccc2)nc2ccccc21)c1ccccc1. The van der Waals surface area contributed by atoms with E-state index in [0.29, 0.717) is 6.54 Å². The summed E-state index contributed by atoms with van der Waals surface area (Å²) in [5, 5.41) is 0. The molecule has 0 unspecified atom stereocenters. The molecule has 146 valence electrons. The Morgan fingerprint density at radius 1 is 0.862 bits per heavy atom. The molecule has 0 aliphatic rings. The molecule has 1 aromatic heterocycles. The summed E-state index contributed by atoms with van der Waals surface area (Å²) in [6, 6.07) is 28.3. The number of imidazole rings is 1. The molecule has 0 saturated carbocycles. The molecular weight excluding hydrogens is 358 g/mol. The largest absolute Gasteiger partial charge is 0.318 e. The van der Waals surface area contributed by atoms with E-state index < -0.39 is 0 Å². The number of fused-ring (bicyclic) bond motifs is 1. The molecule has 4 heteroatoms. The van der Waals surface area contributed by atoms with Gasteiger partial charge in [-0.1, -0.05) is 60.7 Å². The molecule has 0 aliphatic carbocycles. The molecule has 0 radical (unpaired) electrons. The van der Waals surface area contributed by atoms with Gasteiger partial charge < -0.3 is 9.47 Å². The molecule has 1 amide bonds. The van der Waals surface area contributed by atoms with Crippen molar-refractivity contribution < 1.29 is 4.79 Å². The van der Waals surface area contributed by atoms with Crippen molar-refractivity contribution in [3.63, 3.8) is 0 Å². The Labute approximate surface area is 171 Å². The number of hydrogen-bond donors (Lipinski definition) is 0. The average molecular weight is 383 g/mol. The summed E-state index contributed by atoms with van der Waals surface area (Å²) in [4.78, 5) is 19.8. The van der Waals surface area contributed by atoms with E-state index in [9.17, 15) is 4.79 Å². The minimum absolute atomic E-state index is 0.0721. The van der Waals surface area contributed by atoms with Crippen molar-refractivity contribution in [2.75, 3.05) is 11.4 Å². The van der Waals surface area contributed by atoms with Gasteiger partial charge in [-0.15, -0.1) is 0 Å². The van der Waals surface area contributed by atoms with Crippen LogP contribution in [0.3, 0.4) is 0 Å². The van der Waals surface area contributed by atoms with Crippen LogP contribution in [-0.4, -0.2) is 22.0 Å². The Kier molecular flexibility index (Phi) is 5.71. The molecule has 0 saturated heterocycles. The smallest absolute Gasteiger partial charge is 0.246 e. The van der Waals surface area contributed by atoms with Crippen molar-refractivity contribution in [2.24, 2.45) is 0 Å². The maximum absolute atomic E-state index is 13.2. The number of aromatic nitrogens is 2. The van der Waals surface area contributed by atoms with E-state index in [0.717, 1.165) is 35.4 Å². The van der Waals surface area contributed by atoms with Crippen LogP contribution >= 0.6 is 0 Å². The standard InChI is InChI=1S/C25H25N3O/c1-2-27(21-13-7-4-8-14-21)25(29)19-28-23-16-10-9-15-22(23)26-24(28)18-17-20-11-5-3-6-12-20/h3-16H,2,17-19H2,1H3. The van der Waals surface area contributed by atoms with Crippen LogP contribution in [0.25, 0.3) is 11.0 Å². The van der Waals surface area contributed by atoms with Gasteiger partial charge in [-0.25, -0.2) is 4.98 Å². The first-order chi connectivity index (χ1) is 14.3. The fourth-order valence-corrected chi connectivity index (χ4v) is 3.72. The summed E-state index contributed by atoms with van der Waals surface area (Å²) in [6.45, 7) is 2.93. The summed E-state index contributed by atoms with van der Waals surface area (Å²) in [7, 11) is 0. The monoisotopic (exact) mass is 383 g/mol. The normalized spacial score (nSPS) is 10.9. The lowest BCUT2D eigenvalue weighted by molar-refractivity contribution is -0.119. The van der Waals surface area contributed by atoms with Crippen molar-refractivity contribution in [1.29, 1.82) is 0 Å². The third kappa shape index (κ3) is 4.21. The van der Waals surface area contributed by atoms with Gasteiger partial charge in [0.2, 0.25) is 5.91 Å². The summed E-state index contributed by atoms with van der Waals surface area (Å²) in [5.74, 6) is 1.02. The molecule has 4 nitrogen and oxygen atoms in total.